The standard InChI is InChI=1S/C16H22N2O3/c1-3-13-5-4-9-17(10-8-13)16-7-6-14(18(20)21)11-15(16)12(2)19/h6-7,11,13H,3-5,8-10H2,1-2H3. The van der Waals surface area contributed by atoms with Crippen molar-refractivity contribution in [3.8, 4) is 0 Å². The number of hydrogen-bond acceptors (Lipinski definition) is 4. The lowest BCUT2D eigenvalue weighted by molar-refractivity contribution is -0.384. The van der Waals surface area contributed by atoms with Gasteiger partial charge in [0, 0.05) is 36.5 Å². The van der Waals surface area contributed by atoms with Gasteiger partial charge in [-0.2, -0.15) is 0 Å². The van der Waals surface area contributed by atoms with Crippen LogP contribution in [-0.2, 0) is 0 Å². The lowest BCUT2D eigenvalue weighted by Gasteiger charge is -2.25. The molecule has 0 aromatic heterocycles. The number of nitrogens with zero attached hydrogens (tertiary/aromatic N) is 2. The van der Waals surface area contributed by atoms with E-state index in [2.05, 4.69) is 11.8 Å². The first-order chi connectivity index (χ1) is 10.0. The molecule has 2 rings (SSSR count). The molecule has 5 heteroatoms. The summed E-state index contributed by atoms with van der Waals surface area (Å²) in [6.45, 7) is 5.51. The Morgan fingerprint density at radius 2 is 2.14 bits per heavy atom. The molecular formula is C16H22N2O3. The molecule has 1 aromatic carbocycles. The van der Waals surface area contributed by atoms with Crippen LogP contribution in [0.15, 0.2) is 18.2 Å². The number of carbonyl (C=O) groups is 1. The topological polar surface area (TPSA) is 63.4 Å². The Morgan fingerprint density at radius 3 is 2.76 bits per heavy atom. The van der Waals surface area contributed by atoms with Crippen molar-refractivity contribution in [2.24, 2.45) is 5.92 Å². The van der Waals surface area contributed by atoms with Crippen LogP contribution in [0.1, 0.15) is 49.9 Å². The quantitative estimate of drug-likeness (QED) is 0.480. The second-order valence-corrected chi connectivity index (χ2v) is 5.71. The van der Waals surface area contributed by atoms with Gasteiger partial charge in [0.2, 0.25) is 0 Å². The van der Waals surface area contributed by atoms with Crippen LogP contribution < -0.4 is 4.90 Å². The van der Waals surface area contributed by atoms with E-state index in [1.807, 2.05) is 0 Å². The molecule has 0 saturated carbocycles. The number of benzene rings is 1. The van der Waals surface area contributed by atoms with E-state index >= 15 is 0 Å². The van der Waals surface area contributed by atoms with E-state index in [1.165, 1.54) is 31.9 Å². The molecule has 0 bridgehead atoms. The Morgan fingerprint density at radius 1 is 1.38 bits per heavy atom. The van der Waals surface area contributed by atoms with Crippen molar-refractivity contribution in [3.05, 3.63) is 33.9 Å². The number of hydrogen-bond donors (Lipinski definition) is 0. The molecule has 0 amide bonds. The molecule has 1 atom stereocenters. The van der Waals surface area contributed by atoms with Crippen LogP contribution in [0, 0.1) is 16.0 Å². The summed E-state index contributed by atoms with van der Waals surface area (Å²) >= 11 is 0. The fourth-order valence-corrected chi connectivity index (χ4v) is 3.01. The molecule has 1 heterocycles. The van der Waals surface area contributed by atoms with E-state index in [0.717, 1.165) is 37.5 Å². The SMILES string of the molecule is CCC1CCCN(c2ccc([N+](=O)[O-])cc2C(C)=O)CC1. The number of carbonyl (C=O) groups excluding carboxylic acids is 1. The molecule has 1 aromatic rings. The molecule has 0 N–H and O–H groups in total. The van der Waals surface area contributed by atoms with E-state index in [-0.39, 0.29) is 11.5 Å². The number of Topliss-reactive ketones (excluding diaryl/α,β-unsaturated/α-hetero) is 1. The average Bonchev–Trinajstić information content (AvgIpc) is 2.71. The maximum Gasteiger partial charge on any atom is 0.270 e. The zero-order chi connectivity index (χ0) is 15.4. The Bertz CT molecular complexity index is 542. The van der Waals surface area contributed by atoms with Crippen LogP contribution in [0.5, 0.6) is 0 Å². The van der Waals surface area contributed by atoms with Gasteiger partial charge in [-0.25, -0.2) is 0 Å². The minimum absolute atomic E-state index is 0.0230. The third kappa shape index (κ3) is 3.60. The van der Waals surface area contributed by atoms with E-state index in [9.17, 15) is 14.9 Å². The van der Waals surface area contributed by atoms with Crippen molar-refractivity contribution in [3.63, 3.8) is 0 Å². The first-order valence-corrected chi connectivity index (χ1v) is 7.57. The third-order valence-corrected chi connectivity index (χ3v) is 4.34. The van der Waals surface area contributed by atoms with Gasteiger partial charge in [0.15, 0.2) is 5.78 Å². The highest BCUT2D eigenvalue weighted by atomic mass is 16.6. The maximum absolute atomic E-state index is 11.8. The second kappa shape index (κ2) is 6.70. The molecule has 1 aliphatic heterocycles. The molecule has 1 unspecified atom stereocenters. The van der Waals surface area contributed by atoms with Gasteiger partial charge in [0.05, 0.1) is 4.92 Å². The predicted octanol–water partition coefficient (Wildman–Crippen LogP) is 3.81. The zero-order valence-electron chi connectivity index (χ0n) is 12.7. The number of non-ortho nitro benzene ring substituents is 1. The van der Waals surface area contributed by atoms with Crippen molar-refractivity contribution >= 4 is 17.2 Å². The Hall–Kier alpha value is -1.91. The molecule has 0 spiro atoms. The van der Waals surface area contributed by atoms with Crippen LogP contribution in [0.2, 0.25) is 0 Å². The lowest BCUT2D eigenvalue weighted by Crippen LogP contribution is -2.26. The van der Waals surface area contributed by atoms with Crippen LogP contribution >= 0.6 is 0 Å². The largest absolute Gasteiger partial charge is 0.371 e. The third-order valence-electron chi connectivity index (χ3n) is 4.34. The summed E-state index contributed by atoms with van der Waals surface area (Å²) in [6.07, 6.45) is 4.63. The number of ketones is 1. The van der Waals surface area contributed by atoms with Crippen LogP contribution in [0.25, 0.3) is 0 Å². The molecule has 21 heavy (non-hydrogen) atoms. The van der Waals surface area contributed by atoms with Crippen molar-refractivity contribution in [1.29, 1.82) is 0 Å². The number of nitro benzene ring substituents is 1. The van der Waals surface area contributed by atoms with Gasteiger partial charge in [-0.15, -0.1) is 0 Å². The van der Waals surface area contributed by atoms with Gasteiger partial charge in [0.1, 0.15) is 0 Å². The lowest BCUT2D eigenvalue weighted by atomic mass is 9.98. The van der Waals surface area contributed by atoms with Crippen LogP contribution in [0.3, 0.4) is 0 Å². The van der Waals surface area contributed by atoms with Gasteiger partial charge < -0.3 is 4.90 Å². The van der Waals surface area contributed by atoms with E-state index in [4.69, 9.17) is 0 Å². The molecule has 1 saturated heterocycles. The van der Waals surface area contributed by atoms with Crippen molar-refractivity contribution in [2.45, 2.75) is 39.5 Å². The average molecular weight is 290 g/mol. The number of anilines is 1. The summed E-state index contributed by atoms with van der Waals surface area (Å²) < 4.78 is 0. The molecule has 0 radical (unpaired) electrons. The minimum atomic E-state index is -0.453. The highest BCUT2D eigenvalue weighted by Crippen LogP contribution is 2.29. The van der Waals surface area contributed by atoms with Crippen molar-refractivity contribution < 1.29 is 9.72 Å². The monoisotopic (exact) mass is 290 g/mol. The van der Waals surface area contributed by atoms with Gasteiger partial charge in [0.25, 0.3) is 5.69 Å². The van der Waals surface area contributed by atoms with E-state index < -0.39 is 4.92 Å². The van der Waals surface area contributed by atoms with Crippen LogP contribution in [0.4, 0.5) is 11.4 Å². The normalized spacial score (nSPS) is 19.1. The smallest absolute Gasteiger partial charge is 0.270 e. The highest BCUT2D eigenvalue weighted by molar-refractivity contribution is 6.00. The summed E-state index contributed by atoms with van der Waals surface area (Å²) in [5.74, 6) is 0.624. The molecule has 1 fully saturated rings. The fraction of sp³-hybridized carbons (Fsp3) is 0.562. The first kappa shape index (κ1) is 15.5. The van der Waals surface area contributed by atoms with Gasteiger partial charge in [-0.3, -0.25) is 14.9 Å². The van der Waals surface area contributed by atoms with Gasteiger partial charge in [-0.05, 0) is 38.2 Å². The Labute approximate surface area is 125 Å². The summed E-state index contributed by atoms with van der Waals surface area (Å²) in [4.78, 5) is 24.5. The van der Waals surface area contributed by atoms with Crippen molar-refractivity contribution in [2.75, 3.05) is 18.0 Å². The molecule has 0 aliphatic carbocycles. The fourth-order valence-electron chi connectivity index (χ4n) is 3.01. The van der Waals surface area contributed by atoms with Gasteiger partial charge >= 0.3 is 0 Å². The summed E-state index contributed by atoms with van der Waals surface area (Å²) in [6, 6.07) is 4.62. The first-order valence-electron chi connectivity index (χ1n) is 7.57. The maximum atomic E-state index is 11.8. The minimum Gasteiger partial charge on any atom is -0.371 e. The highest BCUT2D eigenvalue weighted by Gasteiger charge is 2.21. The summed E-state index contributed by atoms with van der Waals surface area (Å²) in [5.41, 5.74) is 1.27. The molecule has 5 nitrogen and oxygen atoms in total. The predicted molar refractivity (Wildman–Crippen MR) is 82.9 cm³/mol. The van der Waals surface area contributed by atoms with Crippen LogP contribution in [-0.4, -0.2) is 23.8 Å². The van der Waals surface area contributed by atoms with Gasteiger partial charge in [-0.1, -0.05) is 13.3 Å². The second-order valence-electron chi connectivity index (χ2n) is 5.71. The Kier molecular flexibility index (Phi) is 4.94. The molecular weight excluding hydrogens is 268 g/mol. The number of nitro groups is 1. The zero-order valence-corrected chi connectivity index (χ0v) is 12.7. The molecule has 1 aliphatic rings. The van der Waals surface area contributed by atoms with E-state index in [1.54, 1.807) is 6.07 Å². The van der Waals surface area contributed by atoms with Crippen molar-refractivity contribution in [1.82, 2.24) is 0 Å². The summed E-state index contributed by atoms with van der Waals surface area (Å²) in [5, 5.41) is 10.9. The Balaban J connectivity index is 2.30. The number of rotatable bonds is 4. The summed E-state index contributed by atoms with van der Waals surface area (Å²) in [7, 11) is 0. The molecule has 114 valence electrons. The van der Waals surface area contributed by atoms with E-state index in [0.29, 0.717) is 5.56 Å².